The summed E-state index contributed by atoms with van der Waals surface area (Å²) in [7, 11) is 1.63. The van der Waals surface area contributed by atoms with Gasteiger partial charge in [-0.2, -0.15) is 0 Å². The molecule has 6 nitrogen and oxygen atoms in total. The highest BCUT2D eigenvalue weighted by Gasteiger charge is 2.31. The zero-order valence-corrected chi connectivity index (χ0v) is 21.7. The van der Waals surface area contributed by atoms with Gasteiger partial charge in [0.05, 0.1) is 13.2 Å². The van der Waals surface area contributed by atoms with Gasteiger partial charge in [0.1, 0.15) is 11.8 Å². The van der Waals surface area contributed by atoms with Gasteiger partial charge in [0.15, 0.2) is 0 Å². The molecule has 0 amide bonds. The van der Waals surface area contributed by atoms with Crippen LogP contribution in [0.4, 0.5) is 0 Å². The molecule has 2 aromatic rings. The molecular weight excluding hydrogens is 448 g/mol. The van der Waals surface area contributed by atoms with E-state index in [0.29, 0.717) is 6.54 Å². The number of fused-ring (bicyclic) bond motifs is 1. The first-order valence-electron chi connectivity index (χ1n) is 12.1. The van der Waals surface area contributed by atoms with Crippen molar-refractivity contribution in [1.29, 1.82) is 0 Å². The molecule has 0 fully saturated rings. The molecule has 188 valence electrons. The van der Waals surface area contributed by atoms with E-state index in [1.807, 2.05) is 48.2 Å². The minimum Gasteiger partial charge on any atom is -0.496 e. The van der Waals surface area contributed by atoms with Crippen molar-refractivity contribution in [3.63, 3.8) is 0 Å². The summed E-state index contributed by atoms with van der Waals surface area (Å²) in [5, 5.41) is 25.7. The average molecular weight is 489 g/mol. The second kappa shape index (κ2) is 14.4. The number of hydrogen-bond acceptors (Lipinski definition) is 6. The van der Waals surface area contributed by atoms with Crippen molar-refractivity contribution in [3.8, 4) is 5.75 Å². The number of thioether (sulfide) groups is 1. The average Bonchev–Trinajstić information content (AvgIpc) is 3.03. The summed E-state index contributed by atoms with van der Waals surface area (Å²) >= 11 is 1.86. The number of ether oxygens (including phenoxy) is 1. The number of carboxylic acid groups (broad SMARTS) is 1. The number of carboxylic acids is 1. The Labute approximate surface area is 208 Å². The Bertz CT molecular complexity index is 852. The lowest BCUT2D eigenvalue weighted by Crippen LogP contribution is -2.45. The molecule has 0 aromatic heterocycles. The predicted molar refractivity (Wildman–Crippen MR) is 139 cm³/mol. The van der Waals surface area contributed by atoms with E-state index in [-0.39, 0.29) is 5.54 Å². The zero-order valence-electron chi connectivity index (χ0n) is 20.8. The van der Waals surface area contributed by atoms with Gasteiger partial charge in [-0.3, -0.25) is 10.1 Å². The SMILES string of the molecule is CCCC[C@]1(CC)CSc2cc(CNC(C(=O)O)[C@@H](C)O)c(OC)cc2CN1.c1ccccc1. The van der Waals surface area contributed by atoms with E-state index < -0.39 is 18.1 Å². The van der Waals surface area contributed by atoms with Crippen LogP contribution in [0.5, 0.6) is 5.75 Å². The Balaban J connectivity index is 0.000000589. The zero-order chi connectivity index (χ0) is 25.0. The first-order valence-corrected chi connectivity index (χ1v) is 13.1. The maximum atomic E-state index is 11.3. The normalized spacial score (nSPS) is 19.1. The molecule has 1 aliphatic heterocycles. The van der Waals surface area contributed by atoms with E-state index in [1.54, 1.807) is 7.11 Å². The molecule has 0 aliphatic carbocycles. The molecule has 3 rings (SSSR count). The summed E-state index contributed by atoms with van der Waals surface area (Å²) in [4.78, 5) is 12.5. The minimum atomic E-state index is -1.06. The molecule has 1 aliphatic rings. The van der Waals surface area contributed by atoms with Crippen LogP contribution >= 0.6 is 11.8 Å². The molecule has 7 heteroatoms. The fourth-order valence-corrected chi connectivity index (χ4v) is 5.37. The number of aliphatic carboxylic acids is 1. The van der Waals surface area contributed by atoms with E-state index in [4.69, 9.17) is 4.74 Å². The first-order chi connectivity index (χ1) is 16.4. The van der Waals surface area contributed by atoms with Crippen molar-refractivity contribution < 1.29 is 19.7 Å². The van der Waals surface area contributed by atoms with E-state index >= 15 is 0 Å². The van der Waals surface area contributed by atoms with Crippen molar-refractivity contribution in [3.05, 3.63) is 59.7 Å². The van der Waals surface area contributed by atoms with E-state index in [1.165, 1.54) is 36.6 Å². The van der Waals surface area contributed by atoms with Crippen LogP contribution in [0, 0.1) is 0 Å². The maximum Gasteiger partial charge on any atom is 0.323 e. The lowest BCUT2D eigenvalue weighted by molar-refractivity contribution is -0.142. The quantitative estimate of drug-likeness (QED) is 0.380. The summed E-state index contributed by atoms with van der Waals surface area (Å²) in [6, 6.07) is 15.1. The molecule has 1 heterocycles. The highest BCUT2D eigenvalue weighted by Crippen LogP contribution is 2.37. The van der Waals surface area contributed by atoms with Gasteiger partial charge in [0.2, 0.25) is 0 Å². The van der Waals surface area contributed by atoms with Crippen LogP contribution < -0.4 is 15.4 Å². The summed E-state index contributed by atoms with van der Waals surface area (Å²) in [6.45, 7) is 7.07. The number of aliphatic hydroxyl groups excluding tert-OH is 1. The predicted octanol–water partition coefficient (Wildman–Crippen LogP) is 4.84. The van der Waals surface area contributed by atoms with Crippen LogP contribution in [0.15, 0.2) is 53.4 Å². The monoisotopic (exact) mass is 488 g/mol. The first kappa shape index (κ1) is 28.2. The van der Waals surface area contributed by atoms with Gasteiger partial charge in [0.25, 0.3) is 0 Å². The molecule has 2 aromatic carbocycles. The molecule has 34 heavy (non-hydrogen) atoms. The van der Waals surface area contributed by atoms with Gasteiger partial charge >= 0.3 is 5.97 Å². The topological polar surface area (TPSA) is 90.8 Å². The van der Waals surface area contributed by atoms with Gasteiger partial charge in [-0.1, -0.05) is 63.1 Å². The molecule has 0 radical (unpaired) electrons. The Hall–Kier alpha value is -2.06. The highest BCUT2D eigenvalue weighted by atomic mass is 32.2. The van der Waals surface area contributed by atoms with E-state index in [9.17, 15) is 15.0 Å². The number of unbranched alkanes of at least 4 members (excludes halogenated alkanes) is 1. The highest BCUT2D eigenvalue weighted by molar-refractivity contribution is 7.99. The van der Waals surface area contributed by atoms with Gasteiger partial charge in [-0.25, -0.2) is 0 Å². The van der Waals surface area contributed by atoms with Crippen LogP contribution in [0.1, 0.15) is 57.6 Å². The number of carbonyl (C=O) groups is 1. The van der Waals surface area contributed by atoms with Crippen molar-refractivity contribution in [2.75, 3.05) is 12.9 Å². The number of hydrogen-bond donors (Lipinski definition) is 4. The van der Waals surface area contributed by atoms with Crippen LogP contribution in [0.3, 0.4) is 0 Å². The fourth-order valence-electron chi connectivity index (χ4n) is 3.94. The number of rotatable bonds is 10. The van der Waals surface area contributed by atoms with E-state index in [2.05, 4.69) is 36.6 Å². The molecule has 0 spiro atoms. The van der Waals surface area contributed by atoms with Crippen LogP contribution in [-0.4, -0.2) is 46.7 Å². The fraction of sp³-hybridized carbons (Fsp3) is 0.519. The summed E-state index contributed by atoms with van der Waals surface area (Å²) < 4.78 is 5.56. The number of benzene rings is 2. The molecule has 1 unspecified atom stereocenters. The summed E-state index contributed by atoms with van der Waals surface area (Å²) in [5.41, 5.74) is 2.26. The van der Waals surface area contributed by atoms with Crippen molar-refractivity contribution >= 4 is 17.7 Å². The number of methoxy groups -OCH3 is 1. The lowest BCUT2D eigenvalue weighted by atomic mass is 9.91. The summed E-state index contributed by atoms with van der Waals surface area (Å²) in [6.07, 6.45) is 3.69. The van der Waals surface area contributed by atoms with Crippen LogP contribution in [-0.2, 0) is 17.9 Å². The van der Waals surface area contributed by atoms with Crippen LogP contribution in [0.25, 0.3) is 0 Å². The lowest BCUT2D eigenvalue weighted by Gasteiger charge is -2.32. The second-order valence-electron chi connectivity index (χ2n) is 8.74. The molecule has 0 bridgehead atoms. The third-order valence-corrected chi connectivity index (χ3v) is 7.62. The van der Waals surface area contributed by atoms with Gasteiger partial charge in [-0.05, 0) is 37.5 Å². The summed E-state index contributed by atoms with van der Waals surface area (Å²) in [5.74, 6) is 0.688. The molecule has 0 saturated carbocycles. The van der Waals surface area contributed by atoms with Gasteiger partial charge < -0.3 is 20.3 Å². The smallest absolute Gasteiger partial charge is 0.323 e. The van der Waals surface area contributed by atoms with Gasteiger partial charge in [-0.15, -0.1) is 11.8 Å². The van der Waals surface area contributed by atoms with Crippen molar-refractivity contribution in [2.24, 2.45) is 0 Å². The Kier molecular flexibility index (Phi) is 11.9. The molecular formula is C27H40N2O4S. The number of nitrogens with one attached hydrogen (secondary N) is 2. The molecule has 0 saturated heterocycles. The largest absolute Gasteiger partial charge is 0.496 e. The van der Waals surface area contributed by atoms with Crippen LogP contribution in [0.2, 0.25) is 0 Å². The van der Waals surface area contributed by atoms with E-state index in [0.717, 1.165) is 30.0 Å². The third kappa shape index (κ3) is 8.31. The maximum absolute atomic E-state index is 11.3. The van der Waals surface area contributed by atoms with Gasteiger partial charge in [0, 0.05) is 34.8 Å². The Morgan fingerprint density at radius 1 is 1.21 bits per heavy atom. The van der Waals surface area contributed by atoms with Crippen molar-refractivity contribution in [2.45, 2.75) is 82.1 Å². The Morgan fingerprint density at radius 3 is 2.35 bits per heavy atom. The Morgan fingerprint density at radius 2 is 1.85 bits per heavy atom. The third-order valence-electron chi connectivity index (χ3n) is 6.23. The molecule has 4 N–H and O–H groups in total. The minimum absolute atomic E-state index is 0.145. The molecule has 3 atom stereocenters. The number of aliphatic hydroxyl groups is 1. The standard InChI is InChI=1S/C21H34N2O4S.C6H6/c1-5-7-8-21(6-2)13-28-18-10-15(11-22-19(14(3)24)20(25)26)17(27-4)9-16(18)12-23-21;1-2-4-6-5-3-1/h9-10,14,19,22-24H,5-8,11-13H2,1-4H3,(H,25,26);1-6H/t14-,19?,21-;/m1./s1. The second-order valence-corrected chi connectivity index (χ2v) is 9.76. The van der Waals surface area contributed by atoms with Crippen molar-refractivity contribution in [1.82, 2.24) is 10.6 Å².